The second-order valence-electron chi connectivity index (χ2n) is 4.77. The predicted molar refractivity (Wildman–Crippen MR) is 60.2 cm³/mol. The highest BCUT2D eigenvalue weighted by Crippen LogP contribution is 2.30. The van der Waals surface area contributed by atoms with Gasteiger partial charge in [-0.2, -0.15) is 0 Å². The summed E-state index contributed by atoms with van der Waals surface area (Å²) >= 11 is 0. The molecule has 0 radical (unpaired) electrons. The topological polar surface area (TPSA) is 12.0 Å². The Balaban J connectivity index is 2.24. The second kappa shape index (κ2) is 3.74. The van der Waals surface area contributed by atoms with Crippen molar-refractivity contribution in [3.8, 4) is 0 Å². The van der Waals surface area contributed by atoms with Crippen molar-refractivity contribution in [3.63, 3.8) is 0 Å². The Bertz CT molecular complexity index is 328. The van der Waals surface area contributed by atoms with E-state index < -0.39 is 0 Å². The fraction of sp³-hybridized carbons (Fsp3) is 0.538. The summed E-state index contributed by atoms with van der Waals surface area (Å²) in [5, 5.41) is 3.58. The fourth-order valence-electron chi connectivity index (χ4n) is 2.22. The van der Waals surface area contributed by atoms with E-state index in [1.54, 1.807) is 0 Å². The summed E-state index contributed by atoms with van der Waals surface area (Å²) in [5.41, 5.74) is 4.39. The summed E-state index contributed by atoms with van der Waals surface area (Å²) in [6.07, 6.45) is 1.25. The molecule has 1 aromatic rings. The van der Waals surface area contributed by atoms with Gasteiger partial charge >= 0.3 is 0 Å². The lowest BCUT2D eigenvalue weighted by molar-refractivity contribution is 0.455. The van der Waals surface area contributed by atoms with E-state index in [4.69, 9.17) is 0 Å². The van der Waals surface area contributed by atoms with Crippen molar-refractivity contribution < 1.29 is 0 Å². The minimum atomic E-state index is 0.588. The number of hydrogen-bond donors (Lipinski definition) is 1. The zero-order valence-corrected chi connectivity index (χ0v) is 9.30. The molecule has 1 N–H and O–H groups in total. The number of hydrogen-bond acceptors (Lipinski definition) is 1. The van der Waals surface area contributed by atoms with Crippen LogP contribution in [0, 0.1) is 12.8 Å². The molecule has 14 heavy (non-hydrogen) atoms. The fourth-order valence-corrected chi connectivity index (χ4v) is 2.22. The van der Waals surface area contributed by atoms with Crippen LogP contribution in [-0.2, 0) is 6.54 Å². The molecule has 1 unspecified atom stereocenters. The van der Waals surface area contributed by atoms with E-state index >= 15 is 0 Å². The van der Waals surface area contributed by atoms with Crippen LogP contribution in [0.3, 0.4) is 0 Å². The van der Waals surface area contributed by atoms with E-state index in [-0.39, 0.29) is 0 Å². The molecule has 1 aromatic carbocycles. The molecule has 1 nitrogen and oxygen atoms in total. The minimum Gasteiger partial charge on any atom is -0.306 e. The average Bonchev–Trinajstić information content (AvgIpc) is 2.47. The summed E-state index contributed by atoms with van der Waals surface area (Å²) < 4.78 is 0. The van der Waals surface area contributed by atoms with E-state index in [0.717, 1.165) is 12.5 Å². The SMILES string of the molecule is Cc1ccc2c(c1)C(CC(C)C)NC2. The van der Waals surface area contributed by atoms with Gasteiger partial charge in [-0.3, -0.25) is 0 Å². The molecule has 76 valence electrons. The number of rotatable bonds is 2. The third-order valence-electron chi connectivity index (χ3n) is 2.92. The van der Waals surface area contributed by atoms with Gasteiger partial charge in [0, 0.05) is 12.6 Å². The molecule has 0 spiro atoms. The van der Waals surface area contributed by atoms with Crippen molar-refractivity contribution in [2.45, 2.75) is 39.8 Å². The molecule has 1 atom stereocenters. The maximum Gasteiger partial charge on any atom is 0.0329 e. The first-order chi connectivity index (χ1) is 6.66. The molecular weight excluding hydrogens is 170 g/mol. The van der Waals surface area contributed by atoms with Crippen molar-refractivity contribution >= 4 is 0 Å². The Kier molecular flexibility index (Phi) is 2.60. The van der Waals surface area contributed by atoms with Crippen LogP contribution in [0.5, 0.6) is 0 Å². The molecule has 1 heteroatoms. The molecule has 1 aliphatic heterocycles. The van der Waals surface area contributed by atoms with Gasteiger partial charge in [0.15, 0.2) is 0 Å². The van der Waals surface area contributed by atoms with Crippen molar-refractivity contribution in [3.05, 3.63) is 34.9 Å². The first-order valence-corrected chi connectivity index (χ1v) is 5.49. The van der Waals surface area contributed by atoms with Crippen molar-refractivity contribution in [2.75, 3.05) is 0 Å². The van der Waals surface area contributed by atoms with Crippen LogP contribution in [0.4, 0.5) is 0 Å². The lowest BCUT2D eigenvalue weighted by Crippen LogP contribution is -2.14. The van der Waals surface area contributed by atoms with Gasteiger partial charge < -0.3 is 5.32 Å². The number of benzene rings is 1. The Morgan fingerprint density at radius 3 is 2.93 bits per heavy atom. The second-order valence-corrected chi connectivity index (χ2v) is 4.77. The number of aryl methyl sites for hydroxylation is 1. The van der Waals surface area contributed by atoms with Gasteiger partial charge in [-0.15, -0.1) is 0 Å². The highest BCUT2D eigenvalue weighted by Gasteiger charge is 2.21. The summed E-state index contributed by atoms with van der Waals surface area (Å²) in [5.74, 6) is 0.763. The predicted octanol–water partition coefficient (Wildman–Crippen LogP) is 3.19. The number of fused-ring (bicyclic) bond motifs is 1. The van der Waals surface area contributed by atoms with E-state index in [2.05, 4.69) is 44.3 Å². The third kappa shape index (κ3) is 1.83. The maximum absolute atomic E-state index is 3.58. The highest BCUT2D eigenvalue weighted by atomic mass is 14.9. The van der Waals surface area contributed by atoms with Crippen LogP contribution in [0.15, 0.2) is 18.2 Å². The van der Waals surface area contributed by atoms with Gasteiger partial charge in [0.05, 0.1) is 0 Å². The molecule has 0 aliphatic carbocycles. The maximum atomic E-state index is 3.58. The van der Waals surface area contributed by atoms with Crippen LogP contribution < -0.4 is 5.32 Å². The average molecular weight is 189 g/mol. The minimum absolute atomic E-state index is 0.588. The van der Waals surface area contributed by atoms with Gasteiger partial charge in [0.1, 0.15) is 0 Å². The van der Waals surface area contributed by atoms with Crippen LogP contribution >= 0.6 is 0 Å². The smallest absolute Gasteiger partial charge is 0.0329 e. The summed E-state index contributed by atoms with van der Waals surface area (Å²) in [7, 11) is 0. The molecule has 0 saturated heterocycles. The molecule has 0 aromatic heterocycles. The summed E-state index contributed by atoms with van der Waals surface area (Å²) in [6.45, 7) is 7.79. The molecule has 1 heterocycles. The first-order valence-electron chi connectivity index (χ1n) is 5.49. The van der Waals surface area contributed by atoms with Gasteiger partial charge in [0.25, 0.3) is 0 Å². The molecule has 0 bridgehead atoms. The van der Waals surface area contributed by atoms with Gasteiger partial charge in [0.2, 0.25) is 0 Å². The first kappa shape index (κ1) is 9.72. The quantitative estimate of drug-likeness (QED) is 0.753. The van der Waals surface area contributed by atoms with Gasteiger partial charge in [-0.1, -0.05) is 37.6 Å². The van der Waals surface area contributed by atoms with E-state index in [9.17, 15) is 0 Å². The molecule has 0 saturated carbocycles. The Morgan fingerprint density at radius 2 is 2.21 bits per heavy atom. The lowest BCUT2D eigenvalue weighted by Gasteiger charge is -2.14. The van der Waals surface area contributed by atoms with Gasteiger partial charge in [-0.25, -0.2) is 0 Å². The molecular formula is C13H19N. The van der Waals surface area contributed by atoms with Crippen molar-refractivity contribution in [1.82, 2.24) is 5.32 Å². The van der Waals surface area contributed by atoms with E-state index in [1.165, 1.54) is 23.1 Å². The summed E-state index contributed by atoms with van der Waals surface area (Å²) in [6, 6.07) is 7.39. The Morgan fingerprint density at radius 1 is 1.43 bits per heavy atom. The Hall–Kier alpha value is -0.820. The largest absolute Gasteiger partial charge is 0.306 e. The molecule has 1 aliphatic rings. The standard InChI is InChI=1S/C13H19N/c1-9(2)6-13-12-7-10(3)4-5-11(12)8-14-13/h4-5,7,9,13-14H,6,8H2,1-3H3. The van der Waals surface area contributed by atoms with Crippen molar-refractivity contribution in [2.24, 2.45) is 5.92 Å². The highest BCUT2D eigenvalue weighted by molar-refractivity contribution is 5.37. The third-order valence-corrected chi connectivity index (χ3v) is 2.92. The number of nitrogens with one attached hydrogen (secondary N) is 1. The van der Waals surface area contributed by atoms with Crippen LogP contribution in [-0.4, -0.2) is 0 Å². The summed E-state index contributed by atoms with van der Waals surface area (Å²) in [4.78, 5) is 0. The zero-order chi connectivity index (χ0) is 10.1. The van der Waals surface area contributed by atoms with E-state index in [0.29, 0.717) is 6.04 Å². The molecule has 0 amide bonds. The molecule has 2 rings (SSSR count). The van der Waals surface area contributed by atoms with Crippen molar-refractivity contribution in [1.29, 1.82) is 0 Å². The molecule has 0 fully saturated rings. The monoisotopic (exact) mass is 189 g/mol. The van der Waals surface area contributed by atoms with Crippen LogP contribution in [0.1, 0.15) is 43.0 Å². The Labute approximate surface area is 86.5 Å². The van der Waals surface area contributed by atoms with Crippen LogP contribution in [0.2, 0.25) is 0 Å². The lowest BCUT2D eigenvalue weighted by atomic mass is 9.96. The van der Waals surface area contributed by atoms with Crippen LogP contribution in [0.25, 0.3) is 0 Å². The zero-order valence-electron chi connectivity index (χ0n) is 9.30. The van der Waals surface area contributed by atoms with E-state index in [1.807, 2.05) is 0 Å². The normalized spacial score (nSPS) is 20.1. The van der Waals surface area contributed by atoms with Gasteiger partial charge in [-0.05, 0) is 30.4 Å².